The van der Waals surface area contributed by atoms with Crippen LogP contribution in [0, 0.1) is 0 Å². The first-order valence-electron chi connectivity index (χ1n) is 7.77. The van der Waals surface area contributed by atoms with Gasteiger partial charge >= 0.3 is 0 Å². The minimum Gasteiger partial charge on any atom is -0.504 e. The largest absolute Gasteiger partial charge is 0.504 e. The second kappa shape index (κ2) is 6.49. The SMILES string of the molecule is COc1cc(C2[NH2+]CCc3cc(O)c(O)cc32)cc(OC)c1OC. The van der Waals surface area contributed by atoms with Crippen LogP contribution in [0.1, 0.15) is 22.7 Å². The molecule has 0 bridgehead atoms. The molecule has 2 aromatic rings. The molecule has 0 saturated carbocycles. The number of nitrogens with two attached hydrogens (primary N) is 1. The van der Waals surface area contributed by atoms with Crippen molar-refractivity contribution < 1.29 is 29.7 Å². The van der Waals surface area contributed by atoms with Crippen molar-refractivity contribution in [2.24, 2.45) is 0 Å². The summed E-state index contributed by atoms with van der Waals surface area (Å²) >= 11 is 0. The summed E-state index contributed by atoms with van der Waals surface area (Å²) in [5.74, 6) is 1.54. The Balaban J connectivity index is 2.12. The van der Waals surface area contributed by atoms with E-state index in [4.69, 9.17) is 14.2 Å². The molecule has 0 amide bonds. The van der Waals surface area contributed by atoms with Crippen molar-refractivity contribution in [3.8, 4) is 28.7 Å². The highest BCUT2D eigenvalue weighted by atomic mass is 16.5. The molecule has 0 saturated heterocycles. The second-order valence-electron chi connectivity index (χ2n) is 5.75. The Labute approximate surface area is 140 Å². The van der Waals surface area contributed by atoms with Gasteiger partial charge in [-0.15, -0.1) is 0 Å². The van der Waals surface area contributed by atoms with E-state index < -0.39 is 0 Å². The number of methoxy groups -OCH3 is 3. The lowest BCUT2D eigenvalue weighted by Gasteiger charge is -2.25. The molecule has 128 valence electrons. The van der Waals surface area contributed by atoms with Crippen LogP contribution >= 0.6 is 0 Å². The molecule has 0 fully saturated rings. The Hall–Kier alpha value is -2.60. The third kappa shape index (κ3) is 2.69. The predicted octanol–water partition coefficient (Wildman–Crippen LogP) is 1.33. The highest BCUT2D eigenvalue weighted by Crippen LogP contribution is 2.41. The molecule has 1 unspecified atom stereocenters. The number of phenols is 2. The fourth-order valence-corrected chi connectivity index (χ4v) is 3.27. The topological polar surface area (TPSA) is 84.8 Å². The number of aromatic hydroxyl groups is 2. The van der Waals surface area contributed by atoms with Gasteiger partial charge in [0.2, 0.25) is 5.75 Å². The first kappa shape index (κ1) is 16.3. The molecule has 3 rings (SSSR count). The summed E-state index contributed by atoms with van der Waals surface area (Å²) in [4.78, 5) is 0. The lowest BCUT2D eigenvalue weighted by atomic mass is 9.89. The number of phenolic OH excluding ortho intramolecular Hbond substituents is 2. The van der Waals surface area contributed by atoms with Gasteiger partial charge in [0.05, 0.1) is 27.9 Å². The van der Waals surface area contributed by atoms with E-state index in [1.807, 2.05) is 12.1 Å². The molecule has 0 aromatic heterocycles. The molecule has 0 radical (unpaired) electrons. The minimum atomic E-state index is -0.110. The number of fused-ring (bicyclic) bond motifs is 1. The van der Waals surface area contributed by atoms with Crippen molar-refractivity contribution in [1.82, 2.24) is 0 Å². The summed E-state index contributed by atoms with van der Waals surface area (Å²) in [7, 11) is 4.75. The second-order valence-corrected chi connectivity index (χ2v) is 5.75. The maximum absolute atomic E-state index is 9.89. The van der Waals surface area contributed by atoms with Crippen molar-refractivity contribution in [2.45, 2.75) is 12.5 Å². The molecule has 1 atom stereocenters. The maximum atomic E-state index is 9.89. The number of quaternary nitrogens is 1. The van der Waals surface area contributed by atoms with Crippen molar-refractivity contribution in [1.29, 1.82) is 0 Å². The lowest BCUT2D eigenvalue weighted by molar-refractivity contribution is -0.690. The fourth-order valence-electron chi connectivity index (χ4n) is 3.27. The molecule has 6 heteroatoms. The summed E-state index contributed by atoms with van der Waals surface area (Å²) in [6, 6.07) is 7.09. The molecule has 0 spiro atoms. The number of ether oxygens (including phenoxy) is 3. The first-order valence-corrected chi connectivity index (χ1v) is 7.77. The molecular formula is C18H22NO5+. The van der Waals surface area contributed by atoms with E-state index in [2.05, 4.69) is 5.32 Å². The summed E-state index contributed by atoms with van der Waals surface area (Å²) in [6.45, 7) is 0.887. The van der Waals surface area contributed by atoms with E-state index in [0.29, 0.717) is 17.2 Å². The molecule has 2 aromatic carbocycles. The third-order valence-corrected chi connectivity index (χ3v) is 4.43. The summed E-state index contributed by atoms with van der Waals surface area (Å²) in [5, 5.41) is 21.8. The van der Waals surface area contributed by atoms with E-state index in [0.717, 1.165) is 29.7 Å². The number of benzene rings is 2. The molecule has 6 nitrogen and oxygen atoms in total. The first-order chi connectivity index (χ1) is 11.6. The van der Waals surface area contributed by atoms with Crippen LogP contribution in [0.5, 0.6) is 28.7 Å². The Morgan fingerprint density at radius 1 is 0.917 bits per heavy atom. The van der Waals surface area contributed by atoms with Gasteiger partial charge in [-0.05, 0) is 29.8 Å². The number of hydrogen-bond acceptors (Lipinski definition) is 5. The zero-order valence-corrected chi connectivity index (χ0v) is 14.0. The summed E-state index contributed by atoms with van der Waals surface area (Å²) < 4.78 is 16.2. The average Bonchev–Trinajstić information content (AvgIpc) is 2.60. The molecule has 1 aliphatic heterocycles. The maximum Gasteiger partial charge on any atom is 0.203 e. The zero-order valence-electron chi connectivity index (χ0n) is 14.0. The van der Waals surface area contributed by atoms with Crippen LogP contribution in [0.25, 0.3) is 0 Å². The number of rotatable bonds is 4. The molecule has 24 heavy (non-hydrogen) atoms. The van der Waals surface area contributed by atoms with Crippen molar-refractivity contribution >= 4 is 0 Å². The van der Waals surface area contributed by atoms with Crippen LogP contribution < -0.4 is 19.5 Å². The Kier molecular flexibility index (Phi) is 4.40. The van der Waals surface area contributed by atoms with E-state index in [-0.39, 0.29) is 17.5 Å². The average molecular weight is 332 g/mol. The van der Waals surface area contributed by atoms with Crippen molar-refractivity contribution in [3.05, 3.63) is 41.0 Å². The van der Waals surface area contributed by atoms with Gasteiger partial charge in [-0.2, -0.15) is 0 Å². The third-order valence-electron chi connectivity index (χ3n) is 4.43. The van der Waals surface area contributed by atoms with Gasteiger partial charge in [-0.3, -0.25) is 0 Å². The highest BCUT2D eigenvalue weighted by Gasteiger charge is 2.28. The minimum absolute atomic E-state index is 0.0195. The van der Waals surface area contributed by atoms with Gasteiger partial charge in [0.1, 0.15) is 6.04 Å². The van der Waals surface area contributed by atoms with Gasteiger partial charge in [0.15, 0.2) is 23.0 Å². The fraction of sp³-hybridized carbons (Fsp3) is 0.333. The van der Waals surface area contributed by atoms with Gasteiger partial charge in [-0.1, -0.05) is 0 Å². The smallest absolute Gasteiger partial charge is 0.203 e. The van der Waals surface area contributed by atoms with E-state index in [9.17, 15) is 10.2 Å². The van der Waals surface area contributed by atoms with Gasteiger partial charge in [-0.25, -0.2) is 0 Å². The van der Waals surface area contributed by atoms with Crippen LogP contribution in [0.2, 0.25) is 0 Å². The van der Waals surface area contributed by atoms with E-state index >= 15 is 0 Å². The molecule has 0 aliphatic carbocycles. The van der Waals surface area contributed by atoms with Crippen LogP contribution in [-0.2, 0) is 6.42 Å². The Morgan fingerprint density at radius 2 is 1.54 bits per heavy atom. The Bertz CT molecular complexity index is 734. The summed E-state index contributed by atoms with van der Waals surface area (Å²) in [6.07, 6.45) is 0.837. The van der Waals surface area contributed by atoms with Crippen LogP contribution in [0.3, 0.4) is 0 Å². The van der Waals surface area contributed by atoms with E-state index in [1.165, 1.54) is 0 Å². The normalized spacial score (nSPS) is 16.4. The number of hydrogen-bond donors (Lipinski definition) is 3. The van der Waals surface area contributed by atoms with Crippen LogP contribution in [-0.4, -0.2) is 38.1 Å². The molecule has 4 N–H and O–H groups in total. The standard InChI is InChI=1S/C18H21NO5/c1-22-15-7-11(8-16(23-2)18(15)24-3)17-12-9-14(21)13(20)6-10(12)4-5-19-17/h6-9,17,19-21H,4-5H2,1-3H3/p+1. The summed E-state index contributed by atoms with van der Waals surface area (Å²) in [5.41, 5.74) is 2.99. The predicted molar refractivity (Wildman–Crippen MR) is 88.2 cm³/mol. The lowest BCUT2D eigenvalue weighted by Crippen LogP contribution is -2.87. The molecular weight excluding hydrogens is 310 g/mol. The Morgan fingerprint density at radius 3 is 2.12 bits per heavy atom. The van der Waals surface area contributed by atoms with Crippen LogP contribution in [0.4, 0.5) is 0 Å². The van der Waals surface area contributed by atoms with Crippen molar-refractivity contribution in [2.75, 3.05) is 27.9 Å². The zero-order chi connectivity index (χ0) is 17.3. The quantitative estimate of drug-likeness (QED) is 0.736. The van der Waals surface area contributed by atoms with Crippen molar-refractivity contribution in [3.63, 3.8) is 0 Å². The van der Waals surface area contributed by atoms with Gasteiger partial charge in [0, 0.05) is 17.5 Å². The van der Waals surface area contributed by atoms with Crippen LogP contribution in [0.15, 0.2) is 24.3 Å². The molecule has 1 aliphatic rings. The monoisotopic (exact) mass is 332 g/mol. The molecule has 1 heterocycles. The van der Waals surface area contributed by atoms with E-state index in [1.54, 1.807) is 33.5 Å². The van der Waals surface area contributed by atoms with Gasteiger partial charge < -0.3 is 29.7 Å². The van der Waals surface area contributed by atoms with Gasteiger partial charge in [0.25, 0.3) is 0 Å². The highest BCUT2D eigenvalue weighted by molar-refractivity contribution is 5.56.